The minimum Gasteiger partial charge on any atom is -0.456 e. The van der Waals surface area contributed by atoms with E-state index in [-0.39, 0.29) is 0 Å². The summed E-state index contributed by atoms with van der Waals surface area (Å²) in [5, 5.41) is 6.11. The molecule has 1 aliphatic heterocycles. The number of benzene rings is 4. The molecule has 7 aromatic rings. The molecule has 0 bridgehead atoms. The van der Waals surface area contributed by atoms with Gasteiger partial charge in [-0.2, -0.15) is 0 Å². The molecule has 0 saturated carbocycles. The molecule has 0 aliphatic carbocycles. The van der Waals surface area contributed by atoms with Crippen LogP contribution in [0.3, 0.4) is 0 Å². The first-order chi connectivity index (χ1) is 16.3. The van der Waals surface area contributed by atoms with E-state index in [4.69, 9.17) is 22.6 Å². The van der Waals surface area contributed by atoms with Crippen molar-refractivity contribution in [1.82, 2.24) is 0 Å². The summed E-state index contributed by atoms with van der Waals surface area (Å²) in [4.78, 5) is 0. The Hall–Kier alpha value is -3.48. The van der Waals surface area contributed by atoms with Crippen LogP contribution in [0.2, 0.25) is 0 Å². The van der Waals surface area contributed by atoms with E-state index in [1.54, 1.807) is 0 Å². The average Bonchev–Trinajstić information content (AvgIpc) is 3.37. The summed E-state index contributed by atoms with van der Waals surface area (Å²) in [6.45, 7) is 8.23. The van der Waals surface area contributed by atoms with Crippen molar-refractivity contribution in [1.29, 1.82) is 0 Å². The predicted molar refractivity (Wildman–Crippen MR) is 135 cm³/mol. The molecule has 5 nitrogen and oxygen atoms in total. The largest absolute Gasteiger partial charge is 0.495 e. The maximum atomic E-state index is 6.76. The van der Waals surface area contributed by atoms with Crippen LogP contribution in [0.5, 0.6) is 0 Å². The van der Waals surface area contributed by atoms with Crippen LogP contribution in [0.15, 0.2) is 67.8 Å². The fraction of sp³-hybridized carbons (Fsp3) is 0.214. The van der Waals surface area contributed by atoms with Gasteiger partial charge < -0.3 is 22.6 Å². The molecular formula is C28H21BO5. The molecule has 4 aromatic carbocycles. The van der Waals surface area contributed by atoms with Gasteiger partial charge in [0.05, 0.1) is 22.0 Å². The Morgan fingerprint density at radius 1 is 0.588 bits per heavy atom. The number of rotatable bonds is 1. The van der Waals surface area contributed by atoms with E-state index < -0.39 is 18.3 Å². The topological polar surface area (TPSA) is 57.9 Å². The second-order valence-electron chi connectivity index (χ2n) is 10.4. The van der Waals surface area contributed by atoms with Crippen molar-refractivity contribution in [3.63, 3.8) is 0 Å². The van der Waals surface area contributed by atoms with Crippen LogP contribution in [0.25, 0.3) is 65.8 Å². The van der Waals surface area contributed by atoms with Gasteiger partial charge in [0.1, 0.15) is 33.5 Å². The van der Waals surface area contributed by atoms with Gasteiger partial charge in [-0.15, -0.1) is 0 Å². The smallest absolute Gasteiger partial charge is 0.456 e. The van der Waals surface area contributed by atoms with E-state index in [0.29, 0.717) is 0 Å². The van der Waals surface area contributed by atoms with Gasteiger partial charge in [-0.3, -0.25) is 0 Å². The molecule has 0 unspecified atom stereocenters. The zero-order chi connectivity index (χ0) is 23.0. The highest BCUT2D eigenvalue weighted by molar-refractivity contribution is 6.62. The third-order valence-electron chi connectivity index (χ3n) is 7.86. The third-order valence-corrected chi connectivity index (χ3v) is 7.86. The van der Waals surface area contributed by atoms with Gasteiger partial charge in [0.25, 0.3) is 0 Å². The van der Waals surface area contributed by atoms with Crippen molar-refractivity contribution in [3.05, 3.63) is 54.6 Å². The van der Waals surface area contributed by atoms with Crippen LogP contribution in [0.4, 0.5) is 0 Å². The summed E-state index contributed by atoms with van der Waals surface area (Å²) < 4.78 is 32.1. The zero-order valence-electron chi connectivity index (χ0n) is 19.3. The molecule has 0 amide bonds. The third kappa shape index (κ3) is 2.18. The Kier molecular flexibility index (Phi) is 3.21. The summed E-state index contributed by atoms with van der Waals surface area (Å²) in [6.07, 6.45) is 0. The van der Waals surface area contributed by atoms with Gasteiger partial charge in [0, 0.05) is 16.2 Å². The summed E-state index contributed by atoms with van der Waals surface area (Å²) in [5.74, 6) is 0. The van der Waals surface area contributed by atoms with Gasteiger partial charge in [-0.05, 0) is 68.9 Å². The van der Waals surface area contributed by atoms with E-state index in [0.717, 1.165) is 71.3 Å². The lowest BCUT2D eigenvalue weighted by atomic mass is 9.78. The molecule has 0 radical (unpaired) electrons. The molecule has 6 heteroatoms. The minimum atomic E-state index is -0.514. The van der Waals surface area contributed by atoms with Gasteiger partial charge >= 0.3 is 7.12 Å². The molecular weight excluding hydrogens is 427 g/mol. The van der Waals surface area contributed by atoms with Crippen LogP contribution < -0.4 is 5.46 Å². The van der Waals surface area contributed by atoms with Crippen molar-refractivity contribution in [3.8, 4) is 0 Å². The van der Waals surface area contributed by atoms with E-state index in [1.807, 2.05) is 36.4 Å². The summed E-state index contributed by atoms with van der Waals surface area (Å²) >= 11 is 0. The molecule has 34 heavy (non-hydrogen) atoms. The minimum absolute atomic E-state index is 0.437. The summed E-state index contributed by atoms with van der Waals surface area (Å²) in [5.41, 5.74) is 4.74. The Labute approximate surface area is 194 Å². The lowest BCUT2D eigenvalue weighted by Gasteiger charge is -2.32. The standard InChI is InChI=1S/C28H21BO5/c1-27(2)28(3,4)34-29(33-27)15-12-20-22-21(13-15)32-26-16-8-6-5-7-14(16)11-19-25(26)24-18(30-19)10-9-17(31-20)23(22)24/h5-13H,1-4H3. The highest BCUT2D eigenvalue weighted by atomic mass is 16.7. The van der Waals surface area contributed by atoms with Crippen LogP contribution in [-0.4, -0.2) is 18.3 Å². The lowest BCUT2D eigenvalue weighted by molar-refractivity contribution is 0.00578. The fourth-order valence-corrected chi connectivity index (χ4v) is 5.42. The Balaban J connectivity index is 1.56. The van der Waals surface area contributed by atoms with E-state index >= 15 is 0 Å². The van der Waals surface area contributed by atoms with Crippen LogP contribution in [-0.2, 0) is 9.31 Å². The number of fused-ring (bicyclic) bond motifs is 2. The van der Waals surface area contributed by atoms with Crippen molar-refractivity contribution >= 4 is 78.4 Å². The first kappa shape index (κ1) is 18.9. The molecule has 1 aliphatic rings. The Morgan fingerprint density at radius 2 is 1.18 bits per heavy atom. The number of hydrogen-bond acceptors (Lipinski definition) is 5. The summed E-state index contributed by atoms with van der Waals surface area (Å²) in [7, 11) is -0.514. The monoisotopic (exact) mass is 448 g/mol. The Morgan fingerprint density at radius 3 is 1.88 bits per heavy atom. The average molecular weight is 448 g/mol. The van der Waals surface area contributed by atoms with Gasteiger partial charge in [0.2, 0.25) is 0 Å². The molecule has 0 N–H and O–H groups in total. The molecule has 3 aromatic heterocycles. The molecule has 1 saturated heterocycles. The fourth-order valence-electron chi connectivity index (χ4n) is 5.42. The highest BCUT2D eigenvalue weighted by Gasteiger charge is 2.52. The number of furan rings is 2. The highest BCUT2D eigenvalue weighted by Crippen LogP contribution is 2.46. The molecule has 8 rings (SSSR count). The van der Waals surface area contributed by atoms with Crippen molar-refractivity contribution < 1.29 is 22.6 Å². The predicted octanol–water partition coefficient (Wildman–Crippen LogP) is 7.12. The van der Waals surface area contributed by atoms with Crippen LogP contribution in [0, 0.1) is 0 Å². The SMILES string of the molecule is CC1(C)OB(c2cc3oc4ccc5oc6cc7ccccc7c7oc(c2)c3c4c5c67)OC1(C)C. The van der Waals surface area contributed by atoms with Crippen molar-refractivity contribution in [2.75, 3.05) is 0 Å². The molecule has 166 valence electrons. The molecule has 4 heterocycles. The molecule has 0 atom stereocenters. The molecule has 1 fully saturated rings. The van der Waals surface area contributed by atoms with Gasteiger partial charge in [0.15, 0.2) is 0 Å². The van der Waals surface area contributed by atoms with Crippen molar-refractivity contribution in [2.45, 2.75) is 38.9 Å². The van der Waals surface area contributed by atoms with Gasteiger partial charge in [-0.25, -0.2) is 0 Å². The van der Waals surface area contributed by atoms with Crippen LogP contribution >= 0.6 is 0 Å². The molecule has 0 spiro atoms. The first-order valence-corrected chi connectivity index (χ1v) is 11.6. The van der Waals surface area contributed by atoms with E-state index in [9.17, 15) is 0 Å². The van der Waals surface area contributed by atoms with Gasteiger partial charge in [-0.1, -0.05) is 24.3 Å². The second-order valence-corrected chi connectivity index (χ2v) is 10.4. The quantitative estimate of drug-likeness (QED) is 0.250. The second kappa shape index (κ2) is 5.77. The zero-order valence-corrected chi connectivity index (χ0v) is 19.3. The summed E-state index contributed by atoms with van der Waals surface area (Å²) in [6, 6.07) is 18.3. The van der Waals surface area contributed by atoms with Crippen molar-refractivity contribution in [2.24, 2.45) is 0 Å². The Bertz CT molecular complexity index is 1920. The maximum Gasteiger partial charge on any atom is 0.495 e. The number of hydrogen-bond donors (Lipinski definition) is 0. The normalized spacial score (nSPS) is 18.2. The maximum absolute atomic E-state index is 6.76. The van der Waals surface area contributed by atoms with E-state index in [2.05, 4.69) is 45.9 Å². The first-order valence-electron chi connectivity index (χ1n) is 11.6. The van der Waals surface area contributed by atoms with Crippen LogP contribution in [0.1, 0.15) is 27.7 Å². The lowest BCUT2D eigenvalue weighted by Crippen LogP contribution is -2.41. The van der Waals surface area contributed by atoms with E-state index in [1.165, 1.54) is 0 Å².